The first-order valence-electron chi connectivity index (χ1n) is 16.0. The van der Waals surface area contributed by atoms with Gasteiger partial charge in [0.1, 0.15) is 5.75 Å². The molecule has 1 N–H and O–H groups in total. The van der Waals surface area contributed by atoms with Crippen LogP contribution in [0.1, 0.15) is 36.5 Å². The van der Waals surface area contributed by atoms with E-state index in [1.54, 1.807) is 0 Å². The highest BCUT2D eigenvalue weighted by Gasteiger charge is 2.36. The standard InChI is InChI=1S/C44H33NO/c1-44(2)39-19-11-10-18-34(39)35-26-37-36-24-29(20-22-41(36)45(42(37)27-40(35)44)31-14-4-3-5-15-31)30-21-23-43(46)38(25-30)33-17-9-8-16-32(33)28-12-6-7-13-28/h3-28,46H,1-2H3. The number of rotatable bonds is 4. The van der Waals surface area contributed by atoms with Crippen LogP contribution in [0.4, 0.5) is 0 Å². The van der Waals surface area contributed by atoms with Gasteiger partial charge in [0.25, 0.3) is 0 Å². The lowest BCUT2D eigenvalue weighted by Crippen LogP contribution is -2.14. The van der Waals surface area contributed by atoms with E-state index < -0.39 is 0 Å². The second-order valence-electron chi connectivity index (χ2n) is 13.1. The van der Waals surface area contributed by atoms with Gasteiger partial charge in [0.05, 0.1) is 11.0 Å². The van der Waals surface area contributed by atoms with E-state index in [4.69, 9.17) is 0 Å². The summed E-state index contributed by atoms with van der Waals surface area (Å²) in [5, 5.41) is 13.6. The lowest BCUT2D eigenvalue weighted by atomic mass is 9.82. The quantitative estimate of drug-likeness (QED) is 0.216. The van der Waals surface area contributed by atoms with E-state index in [0.29, 0.717) is 5.75 Å². The Morgan fingerprint density at radius 3 is 2.04 bits per heavy atom. The Kier molecular flexibility index (Phi) is 5.79. The molecule has 0 bridgehead atoms. The van der Waals surface area contributed by atoms with Crippen molar-refractivity contribution < 1.29 is 5.11 Å². The van der Waals surface area contributed by atoms with Crippen molar-refractivity contribution in [3.63, 3.8) is 0 Å². The van der Waals surface area contributed by atoms with Crippen molar-refractivity contribution in [2.75, 3.05) is 0 Å². The van der Waals surface area contributed by atoms with Gasteiger partial charge in [-0.15, -0.1) is 0 Å². The van der Waals surface area contributed by atoms with E-state index in [1.807, 2.05) is 12.1 Å². The Balaban J connectivity index is 1.27. The van der Waals surface area contributed by atoms with E-state index in [1.165, 1.54) is 49.6 Å². The molecule has 0 saturated carbocycles. The monoisotopic (exact) mass is 591 g/mol. The summed E-state index contributed by atoms with van der Waals surface area (Å²) in [4.78, 5) is 0. The van der Waals surface area contributed by atoms with Crippen molar-refractivity contribution in [2.45, 2.75) is 25.2 Å². The highest BCUT2D eigenvalue weighted by atomic mass is 16.3. The normalized spacial score (nSPS) is 14.7. The van der Waals surface area contributed by atoms with Crippen LogP contribution in [0, 0.1) is 0 Å². The molecule has 220 valence electrons. The lowest BCUT2D eigenvalue weighted by molar-refractivity contribution is 0.477. The third kappa shape index (κ3) is 3.90. The summed E-state index contributed by atoms with van der Waals surface area (Å²) in [6.07, 6.45) is 8.58. The summed E-state index contributed by atoms with van der Waals surface area (Å²) in [5.41, 5.74) is 14.2. The van der Waals surface area contributed by atoms with Crippen molar-refractivity contribution in [2.24, 2.45) is 0 Å². The van der Waals surface area contributed by atoms with Crippen molar-refractivity contribution in [3.8, 4) is 44.8 Å². The van der Waals surface area contributed by atoms with Gasteiger partial charge in [-0.25, -0.2) is 0 Å². The zero-order valence-electron chi connectivity index (χ0n) is 25.9. The van der Waals surface area contributed by atoms with Crippen LogP contribution < -0.4 is 0 Å². The highest BCUT2D eigenvalue weighted by Crippen LogP contribution is 2.51. The molecular weight excluding hydrogens is 558 g/mol. The predicted octanol–water partition coefficient (Wildman–Crippen LogP) is 11.3. The van der Waals surface area contributed by atoms with Crippen molar-refractivity contribution >= 4 is 21.8 Å². The molecule has 0 fully saturated rings. The molecule has 1 heterocycles. The van der Waals surface area contributed by atoms with Gasteiger partial charge >= 0.3 is 0 Å². The molecule has 0 unspecified atom stereocenters. The molecule has 2 heteroatoms. The Morgan fingerprint density at radius 2 is 1.22 bits per heavy atom. The molecule has 2 aliphatic carbocycles. The maximum Gasteiger partial charge on any atom is 0.123 e. The first-order valence-corrected chi connectivity index (χ1v) is 16.0. The van der Waals surface area contributed by atoms with Crippen LogP contribution in [0.25, 0.3) is 60.9 Å². The molecule has 9 rings (SSSR count). The number of phenolic OH excluding ortho intramolecular Hbond substituents is 1. The predicted molar refractivity (Wildman–Crippen MR) is 192 cm³/mol. The van der Waals surface area contributed by atoms with Crippen LogP contribution in [0.15, 0.2) is 152 Å². The second-order valence-corrected chi connectivity index (χ2v) is 13.1. The molecule has 7 aromatic rings. The van der Waals surface area contributed by atoms with E-state index in [0.717, 1.165) is 27.9 Å². The Labute approximate surface area is 269 Å². The van der Waals surface area contributed by atoms with Crippen LogP contribution >= 0.6 is 0 Å². The Hall–Kier alpha value is -5.60. The molecule has 0 atom stereocenters. The van der Waals surface area contributed by atoms with Crippen molar-refractivity contribution in [1.82, 2.24) is 4.57 Å². The number of benzene rings is 6. The number of phenols is 1. The number of hydrogen-bond acceptors (Lipinski definition) is 1. The van der Waals surface area contributed by atoms with E-state index in [2.05, 4.69) is 158 Å². The van der Waals surface area contributed by atoms with Crippen LogP contribution in [-0.2, 0) is 5.41 Å². The minimum absolute atomic E-state index is 0.0773. The average molecular weight is 592 g/mol. The van der Waals surface area contributed by atoms with Gasteiger partial charge in [-0.1, -0.05) is 117 Å². The van der Waals surface area contributed by atoms with Crippen LogP contribution in [0.2, 0.25) is 0 Å². The minimum Gasteiger partial charge on any atom is -0.507 e. The minimum atomic E-state index is -0.0773. The van der Waals surface area contributed by atoms with Gasteiger partial charge in [-0.05, 0) is 93.0 Å². The highest BCUT2D eigenvalue weighted by molar-refractivity contribution is 6.12. The summed E-state index contributed by atoms with van der Waals surface area (Å²) < 4.78 is 2.41. The maximum atomic E-state index is 11.1. The van der Waals surface area contributed by atoms with E-state index in [-0.39, 0.29) is 11.3 Å². The molecule has 0 radical (unpaired) electrons. The Morgan fingerprint density at radius 1 is 0.543 bits per heavy atom. The topological polar surface area (TPSA) is 25.2 Å². The third-order valence-electron chi connectivity index (χ3n) is 10.2. The first kappa shape index (κ1) is 26.8. The molecule has 2 nitrogen and oxygen atoms in total. The smallest absolute Gasteiger partial charge is 0.123 e. The summed E-state index contributed by atoms with van der Waals surface area (Å²) in [7, 11) is 0. The van der Waals surface area contributed by atoms with Crippen LogP contribution in [0.3, 0.4) is 0 Å². The van der Waals surface area contributed by atoms with Crippen molar-refractivity contribution in [1.29, 1.82) is 0 Å². The van der Waals surface area contributed by atoms with Gasteiger partial charge in [0.15, 0.2) is 0 Å². The van der Waals surface area contributed by atoms with E-state index in [9.17, 15) is 5.11 Å². The molecule has 6 aromatic carbocycles. The summed E-state index contributed by atoms with van der Waals surface area (Å²) in [5.74, 6) is 0.498. The number of para-hydroxylation sites is 1. The second kappa shape index (κ2) is 9.95. The Bertz CT molecular complexity index is 2390. The van der Waals surface area contributed by atoms with Crippen LogP contribution in [0.5, 0.6) is 5.75 Å². The number of fused-ring (bicyclic) bond motifs is 6. The molecule has 46 heavy (non-hydrogen) atoms. The van der Waals surface area contributed by atoms with Gasteiger partial charge < -0.3 is 9.67 Å². The van der Waals surface area contributed by atoms with Gasteiger partial charge in [-0.2, -0.15) is 0 Å². The van der Waals surface area contributed by atoms with Gasteiger partial charge in [0.2, 0.25) is 0 Å². The molecule has 0 spiro atoms. The molecule has 0 saturated heterocycles. The van der Waals surface area contributed by atoms with Gasteiger partial charge in [0, 0.05) is 33.4 Å². The first-order chi connectivity index (χ1) is 22.5. The largest absolute Gasteiger partial charge is 0.507 e. The average Bonchev–Trinajstić information content (AvgIpc) is 3.79. The summed E-state index contributed by atoms with van der Waals surface area (Å²) in [6.45, 7) is 4.69. The van der Waals surface area contributed by atoms with Gasteiger partial charge in [-0.3, -0.25) is 0 Å². The SMILES string of the molecule is CC1(C)c2ccccc2-c2cc3c4cc(-c5ccc(O)c(-c6ccccc6C6C=CC=C6)c5)ccc4n(-c4ccccc4)c3cc21. The maximum absolute atomic E-state index is 11.1. The van der Waals surface area contributed by atoms with Crippen molar-refractivity contribution in [3.05, 3.63) is 168 Å². The fourth-order valence-electron chi connectivity index (χ4n) is 7.85. The number of nitrogens with zero attached hydrogens (tertiary/aromatic N) is 1. The number of allylic oxidation sites excluding steroid dienone is 4. The third-order valence-corrected chi connectivity index (χ3v) is 10.2. The zero-order valence-corrected chi connectivity index (χ0v) is 25.9. The summed E-state index contributed by atoms with van der Waals surface area (Å²) in [6, 6.07) is 45.6. The molecule has 1 aromatic heterocycles. The fourth-order valence-corrected chi connectivity index (χ4v) is 7.85. The molecule has 0 aliphatic heterocycles. The number of aromatic nitrogens is 1. The van der Waals surface area contributed by atoms with Crippen LogP contribution in [-0.4, -0.2) is 9.67 Å². The summed E-state index contributed by atoms with van der Waals surface area (Å²) >= 11 is 0. The fraction of sp³-hybridized carbons (Fsp3) is 0.0909. The molecular formula is C44H33NO. The molecule has 2 aliphatic rings. The van der Waals surface area contributed by atoms with E-state index >= 15 is 0 Å². The zero-order chi connectivity index (χ0) is 31.0. The lowest BCUT2D eigenvalue weighted by Gasteiger charge is -2.21. The number of hydrogen-bond donors (Lipinski definition) is 1. The number of aromatic hydroxyl groups is 1. The molecule has 0 amide bonds.